The minimum absolute atomic E-state index is 0.267. The predicted octanol–water partition coefficient (Wildman–Crippen LogP) is 1.63. The molecule has 0 unspecified atom stereocenters. The Morgan fingerprint density at radius 1 is 1.36 bits per heavy atom. The van der Waals surface area contributed by atoms with E-state index in [4.69, 9.17) is 5.26 Å². The number of likely N-dealkylation sites (tertiary alicyclic amines) is 1. The summed E-state index contributed by atoms with van der Waals surface area (Å²) in [7, 11) is -3.50. The third kappa shape index (κ3) is 3.32. The first kappa shape index (κ1) is 15.5. The Balaban J connectivity index is 1.62. The quantitative estimate of drug-likeness (QED) is 0.895. The van der Waals surface area contributed by atoms with E-state index in [1.807, 2.05) is 6.07 Å². The van der Waals surface area contributed by atoms with Crippen LogP contribution in [-0.2, 0) is 10.0 Å². The second-order valence-corrected chi connectivity index (χ2v) is 8.06. The maximum absolute atomic E-state index is 12.4. The van der Waals surface area contributed by atoms with Crippen molar-refractivity contribution in [2.45, 2.75) is 37.1 Å². The molecular weight excluding hydrogens is 298 g/mol. The van der Waals surface area contributed by atoms with Crippen LogP contribution in [0, 0.1) is 24.2 Å². The maximum atomic E-state index is 12.4. The van der Waals surface area contributed by atoms with Crippen LogP contribution in [0.4, 0.5) is 0 Å². The van der Waals surface area contributed by atoms with E-state index in [-0.39, 0.29) is 4.90 Å². The van der Waals surface area contributed by atoms with Crippen molar-refractivity contribution in [3.8, 4) is 6.07 Å². The Morgan fingerprint density at radius 3 is 2.77 bits per heavy atom. The van der Waals surface area contributed by atoms with Crippen LogP contribution in [-0.4, -0.2) is 39.0 Å². The molecule has 1 aliphatic heterocycles. The lowest BCUT2D eigenvalue weighted by Crippen LogP contribution is -2.31. The van der Waals surface area contributed by atoms with Gasteiger partial charge in [-0.3, -0.25) is 0 Å². The van der Waals surface area contributed by atoms with Gasteiger partial charge in [-0.1, -0.05) is 0 Å². The summed E-state index contributed by atoms with van der Waals surface area (Å²) in [5.74, 6) is 0.397. The van der Waals surface area contributed by atoms with Crippen LogP contribution in [0.15, 0.2) is 23.1 Å². The Kier molecular flexibility index (Phi) is 4.22. The SMILES string of the molecule is Cc1cc(C#N)ccc1S(=O)(=O)NC[C@H]1CCN(C2CC2)C1. The predicted molar refractivity (Wildman–Crippen MR) is 83.8 cm³/mol. The van der Waals surface area contributed by atoms with Gasteiger partial charge in [0, 0.05) is 19.1 Å². The zero-order valence-corrected chi connectivity index (χ0v) is 13.6. The first-order valence-corrected chi connectivity index (χ1v) is 9.22. The van der Waals surface area contributed by atoms with Crippen molar-refractivity contribution >= 4 is 10.0 Å². The Morgan fingerprint density at radius 2 is 2.14 bits per heavy atom. The van der Waals surface area contributed by atoms with Crippen molar-refractivity contribution in [1.29, 1.82) is 5.26 Å². The van der Waals surface area contributed by atoms with Gasteiger partial charge in [0.1, 0.15) is 0 Å². The van der Waals surface area contributed by atoms with Gasteiger partial charge in [0.05, 0.1) is 16.5 Å². The average Bonchev–Trinajstić information content (AvgIpc) is 3.23. The Bertz CT molecular complexity index is 705. The van der Waals surface area contributed by atoms with Gasteiger partial charge in [-0.25, -0.2) is 13.1 Å². The standard InChI is InChI=1S/C16H21N3O2S/c1-12-8-13(9-17)2-5-16(12)22(20,21)18-10-14-6-7-19(11-14)15-3-4-15/h2,5,8,14-15,18H,3-4,6-7,10-11H2,1H3/t14-/m1/s1. The van der Waals surface area contributed by atoms with Crippen LogP contribution in [0.1, 0.15) is 30.4 Å². The number of nitrogens with zero attached hydrogens (tertiary/aromatic N) is 2. The van der Waals surface area contributed by atoms with E-state index in [0.717, 1.165) is 25.6 Å². The monoisotopic (exact) mass is 319 g/mol. The highest BCUT2D eigenvalue weighted by atomic mass is 32.2. The Labute approximate surface area is 132 Å². The summed E-state index contributed by atoms with van der Waals surface area (Å²) in [4.78, 5) is 2.75. The lowest BCUT2D eigenvalue weighted by atomic mass is 10.1. The van der Waals surface area contributed by atoms with E-state index in [1.165, 1.54) is 18.9 Å². The summed E-state index contributed by atoms with van der Waals surface area (Å²) in [6.07, 6.45) is 3.65. The van der Waals surface area contributed by atoms with E-state index in [1.54, 1.807) is 19.1 Å². The van der Waals surface area contributed by atoms with Crippen molar-refractivity contribution < 1.29 is 8.42 Å². The van der Waals surface area contributed by atoms with Crippen molar-refractivity contribution in [2.75, 3.05) is 19.6 Å². The second kappa shape index (κ2) is 5.99. The van der Waals surface area contributed by atoms with Gasteiger partial charge in [-0.05, 0) is 62.4 Å². The summed E-state index contributed by atoms with van der Waals surface area (Å²) >= 11 is 0. The van der Waals surface area contributed by atoms with Gasteiger partial charge in [-0.15, -0.1) is 0 Å². The van der Waals surface area contributed by atoms with Crippen LogP contribution in [0.5, 0.6) is 0 Å². The molecule has 1 aliphatic carbocycles. The third-order valence-corrected chi connectivity index (χ3v) is 6.12. The highest BCUT2D eigenvalue weighted by Crippen LogP contribution is 2.31. The summed E-state index contributed by atoms with van der Waals surface area (Å²) < 4.78 is 27.6. The van der Waals surface area contributed by atoms with Gasteiger partial charge < -0.3 is 4.90 Å². The normalized spacial score (nSPS) is 22.6. The fraction of sp³-hybridized carbons (Fsp3) is 0.562. The topological polar surface area (TPSA) is 73.2 Å². The molecule has 0 bridgehead atoms. The van der Waals surface area contributed by atoms with Crippen LogP contribution in [0.3, 0.4) is 0 Å². The molecule has 1 aromatic carbocycles. The Hall–Kier alpha value is -1.42. The maximum Gasteiger partial charge on any atom is 0.240 e. The summed E-state index contributed by atoms with van der Waals surface area (Å²) in [5, 5.41) is 8.86. The molecule has 0 amide bonds. The molecule has 1 saturated carbocycles. The van der Waals surface area contributed by atoms with Gasteiger partial charge in [0.15, 0.2) is 0 Å². The van der Waals surface area contributed by atoms with Crippen LogP contribution >= 0.6 is 0 Å². The molecule has 5 nitrogen and oxygen atoms in total. The number of benzene rings is 1. The lowest BCUT2D eigenvalue weighted by molar-refractivity contribution is 0.314. The number of sulfonamides is 1. The largest absolute Gasteiger partial charge is 0.300 e. The van der Waals surface area contributed by atoms with Crippen molar-refractivity contribution in [2.24, 2.45) is 5.92 Å². The molecule has 0 spiro atoms. The van der Waals surface area contributed by atoms with Crippen molar-refractivity contribution in [3.05, 3.63) is 29.3 Å². The minimum atomic E-state index is -3.50. The molecule has 0 aromatic heterocycles. The van der Waals surface area contributed by atoms with Gasteiger partial charge >= 0.3 is 0 Å². The van der Waals surface area contributed by atoms with Gasteiger partial charge in [0.2, 0.25) is 10.0 Å². The first-order valence-electron chi connectivity index (χ1n) is 7.74. The molecular formula is C16H21N3O2S. The van der Waals surface area contributed by atoms with Gasteiger partial charge in [0.25, 0.3) is 0 Å². The van der Waals surface area contributed by atoms with Gasteiger partial charge in [-0.2, -0.15) is 5.26 Å². The molecule has 22 heavy (non-hydrogen) atoms. The van der Waals surface area contributed by atoms with E-state index in [0.29, 0.717) is 23.6 Å². The molecule has 1 saturated heterocycles. The van der Waals surface area contributed by atoms with Crippen molar-refractivity contribution in [3.63, 3.8) is 0 Å². The van der Waals surface area contributed by atoms with E-state index >= 15 is 0 Å². The van der Waals surface area contributed by atoms with Crippen LogP contribution < -0.4 is 4.72 Å². The molecule has 6 heteroatoms. The molecule has 2 fully saturated rings. The summed E-state index contributed by atoms with van der Waals surface area (Å²) in [6, 6.07) is 7.45. The molecule has 1 atom stereocenters. The molecule has 118 valence electrons. The number of nitriles is 1. The second-order valence-electron chi connectivity index (χ2n) is 6.32. The number of hydrogen-bond donors (Lipinski definition) is 1. The van der Waals surface area contributed by atoms with E-state index in [2.05, 4.69) is 9.62 Å². The zero-order valence-electron chi connectivity index (χ0n) is 12.7. The molecule has 1 N–H and O–H groups in total. The summed E-state index contributed by atoms with van der Waals surface area (Å²) in [5.41, 5.74) is 1.09. The number of rotatable bonds is 5. The molecule has 1 heterocycles. The number of aryl methyl sites for hydroxylation is 1. The van der Waals surface area contributed by atoms with Crippen LogP contribution in [0.2, 0.25) is 0 Å². The lowest BCUT2D eigenvalue weighted by Gasteiger charge is -2.15. The minimum Gasteiger partial charge on any atom is -0.300 e. The summed E-state index contributed by atoms with van der Waals surface area (Å²) in [6.45, 7) is 4.30. The average molecular weight is 319 g/mol. The number of nitrogens with one attached hydrogen (secondary N) is 1. The first-order chi connectivity index (χ1) is 10.5. The van der Waals surface area contributed by atoms with Crippen LogP contribution in [0.25, 0.3) is 0 Å². The molecule has 0 radical (unpaired) electrons. The van der Waals surface area contributed by atoms with E-state index in [9.17, 15) is 8.42 Å². The third-order valence-electron chi connectivity index (χ3n) is 4.54. The smallest absolute Gasteiger partial charge is 0.240 e. The van der Waals surface area contributed by atoms with E-state index < -0.39 is 10.0 Å². The molecule has 3 rings (SSSR count). The molecule has 2 aliphatic rings. The highest BCUT2D eigenvalue weighted by molar-refractivity contribution is 7.89. The van der Waals surface area contributed by atoms with Crippen molar-refractivity contribution in [1.82, 2.24) is 9.62 Å². The number of hydrogen-bond acceptors (Lipinski definition) is 4. The fourth-order valence-electron chi connectivity index (χ4n) is 3.13. The fourth-order valence-corrected chi connectivity index (χ4v) is 4.47. The zero-order chi connectivity index (χ0) is 15.7. The molecule has 1 aromatic rings. The highest BCUT2D eigenvalue weighted by Gasteiger charge is 2.34.